The van der Waals surface area contributed by atoms with Crippen LogP contribution in [0.1, 0.15) is 51.9 Å². The van der Waals surface area contributed by atoms with E-state index in [9.17, 15) is 0 Å². The molecule has 14 heavy (non-hydrogen) atoms. The zero-order valence-corrected chi connectivity index (χ0v) is 9.34. The maximum absolute atomic E-state index is 3.82. The Kier molecular flexibility index (Phi) is 3.63. The van der Waals surface area contributed by atoms with E-state index in [1.807, 2.05) is 0 Å². The molecule has 0 amide bonds. The van der Waals surface area contributed by atoms with Gasteiger partial charge in [0.05, 0.1) is 0 Å². The molecule has 0 saturated heterocycles. The summed E-state index contributed by atoms with van der Waals surface area (Å²) in [6.45, 7) is 2.34. The van der Waals surface area contributed by atoms with Gasteiger partial charge in [-0.1, -0.05) is 38.3 Å². The highest BCUT2D eigenvalue weighted by Gasteiger charge is 2.22. The molecule has 1 nitrogen and oxygen atoms in total. The van der Waals surface area contributed by atoms with Gasteiger partial charge in [0.2, 0.25) is 0 Å². The summed E-state index contributed by atoms with van der Waals surface area (Å²) in [6.07, 6.45) is 14.3. The van der Waals surface area contributed by atoms with E-state index < -0.39 is 0 Å². The van der Waals surface area contributed by atoms with Crippen molar-refractivity contribution in [3.05, 3.63) is 12.2 Å². The molecule has 0 radical (unpaired) electrons. The first-order valence-electron chi connectivity index (χ1n) is 6.29. The molecule has 0 heterocycles. The van der Waals surface area contributed by atoms with Crippen LogP contribution < -0.4 is 5.32 Å². The Balaban J connectivity index is 1.74. The molecule has 2 aliphatic rings. The average Bonchev–Trinajstić information content (AvgIpc) is 2.71. The molecule has 0 bridgehead atoms. The molecular formula is C13H23N. The SMILES string of the molecule is CCC1CCCC(NC2CC=CC2)C1. The minimum Gasteiger partial charge on any atom is -0.311 e. The maximum Gasteiger partial charge on any atom is 0.0139 e. The van der Waals surface area contributed by atoms with Crippen LogP contribution in [0.4, 0.5) is 0 Å². The van der Waals surface area contributed by atoms with Crippen LogP contribution in [0.5, 0.6) is 0 Å². The lowest BCUT2D eigenvalue weighted by Gasteiger charge is -2.31. The monoisotopic (exact) mass is 193 g/mol. The highest BCUT2D eigenvalue weighted by Crippen LogP contribution is 2.27. The van der Waals surface area contributed by atoms with Crippen LogP contribution in [0, 0.1) is 5.92 Å². The van der Waals surface area contributed by atoms with Crippen molar-refractivity contribution in [2.45, 2.75) is 64.0 Å². The van der Waals surface area contributed by atoms with E-state index in [4.69, 9.17) is 0 Å². The molecule has 2 atom stereocenters. The van der Waals surface area contributed by atoms with E-state index in [-0.39, 0.29) is 0 Å². The number of hydrogen-bond acceptors (Lipinski definition) is 1. The second-order valence-corrected chi connectivity index (χ2v) is 4.94. The van der Waals surface area contributed by atoms with Crippen molar-refractivity contribution < 1.29 is 0 Å². The lowest BCUT2D eigenvalue weighted by Crippen LogP contribution is -2.39. The van der Waals surface area contributed by atoms with Crippen LogP contribution in [0.2, 0.25) is 0 Å². The summed E-state index contributed by atoms with van der Waals surface area (Å²) in [5.41, 5.74) is 0. The summed E-state index contributed by atoms with van der Waals surface area (Å²) in [5, 5.41) is 3.82. The van der Waals surface area contributed by atoms with Gasteiger partial charge in [-0.2, -0.15) is 0 Å². The number of nitrogens with one attached hydrogen (secondary N) is 1. The van der Waals surface area contributed by atoms with Crippen LogP contribution in [-0.4, -0.2) is 12.1 Å². The topological polar surface area (TPSA) is 12.0 Å². The maximum atomic E-state index is 3.82. The highest BCUT2D eigenvalue weighted by atomic mass is 15.0. The number of hydrogen-bond donors (Lipinski definition) is 1. The van der Waals surface area contributed by atoms with E-state index >= 15 is 0 Å². The largest absolute Gasteiger partial charge is 0.311 e. The Bertz CT molecular complexity index is 189. The standard InChI is InChI=1S/C13H23N/c1-2-11-6-5-9-13(10-11)14-12-7-3-4-8-12/h3-4,11-14H,2,5-10H2,1H3. The Morgan fingerprint density at radius 3 is 2.64 bits per heavy atom. The van der Waals surface area contributed by atoms with Gasteiger partial charge in [-0.15, -0.1) is 0 Å². The van der Waals surface area contributed by atoms with Crippen LogP contribution >= 0.6 is 0 Å². The van der Waals surface area contributed by atoms with Gasteiger partial charge in [-0.05, 0) is 31.6 Å². The molecule has 1 saturated carbocycles. The first kappa shape index (κ1) is 10.2. The molecule has 0 aromatic heterocycles. The van der Waals surface area contributed by atoms with Crippen LogP contribution in [0.3, 0.4) is 0 Å². The van der Waals surface area contributed by atoms with Gasteiger partial charge in [0.15, 0.2) is 0 Å². The van der Waals surface area contributed by atoms with Gasteiger partial charge in [0.1, 0.15) is 0 Å². The smallest absolute Gasteiger partial charge is 0.0139 e. The summed E-state index contributed by atoms with van der Waals surface area (Å²) in [4.78, 5) is 0. The van der Waals surface area contributed by atoms with Gasteiger partial charge in [-0.25, -0.2) is 0 Å². The third kappa shape index (κ3) is 2.60. The van der Waals surface area contributed by atoms with Gasteiger partial charge in [-0.3, -0.25) is 0 Å². The molecule has 0 aliphatic heterocycles. The molecular weight excluding hydrogens is 170 g/mol. The quantitative estimate of drug-likeness (QED) is 0.678. The zero-order valence-electron chi connectivity index (χ0n) is 9.34. The lowest BCUT2D eigenvalue weighted by molar-refractivity contribution is 0.263. The van der Waals surface area contributed by atoms with Crippen molar-refractivity contribution in [3.8, 4) is 0 Å². The number of rotatable bonds is 3. The molecule has 2 unspecified atom stereocenters. The molecule has 2 rings (SSSR count). The Hall–Kier alpha value is -0.300. The molecule has 1 fully saturated rings. The van der Waals surface area contributed by atoms with Crippen LogP contribution in [-0.2, 0) is 0 Å². The molecule has 80 valence electrons. The molecule has 1 heteroatoms. The van der Waals surface area contributed by atoms with E-state index in [1.54, 1.807) is 0 Å². The van der Waals surface area contributed by atoms with Crippen molar-refractivity contribution in [1.82, 2.24) is 5.32 Å². The van der Waals surface area contributed by atoms with E-state index in [0.717, 1.165) is 18.0 Å². The fourth-order valence-electron chi connectivity index (χ4n) is 2.90. The third-order valence-electron chi connectivity index (χ3n) is 3.84. The summed E-state index contributed by atoms with van der Waals surface area (Å²) in [5.74, 6) is 0.996. The lowest BCUT2D eigenvalue weighted by atomic mass is 9.84. The molecule has 0 aromatic carbocycles. The van der Waals surface area contributed by atoms with E-state index in [0.29, 0.717) is 0 Å². The second-order valence-electron chi connectivity index (χ2n) is 4.94. The highest BCUT2D eigenvalue weighted by molar-refractivity contribution is 4.98. The van der Waals surface area contributed by atoms with Crippen molar-refractivity contribution in [2.24, 2.45) is 5.92 Å². The van der Waals surface area contributed by atoms with E-state index in [1.165, 1.54) is 44.9 Å². The van der Waals surface area contributed by atoms with Crippen molar-refractivity contribution >= 4 is 0 Å². The van der Waals surface area contributed by atoms with E-state index in [2.05, 4.69) is 24.4 Å². The Morgan fingerprint density at radius 1 is 1.14 bits per heavy atom. The summed E-state index contributed by atoms with van der Waals surface area (Å²) in [7, 11) is 0. The van der Waals surface area contributed by atoms with Crippen molar-refractivity contribution in [1.29, 1.82) is 0 Å². The van der Waals surface area contributed by atoms with Gasteiger partial charge >= 0.3 is 0 Å². The predicted octanol–water partition coefficient (Wildman–Crippen LogP) is 3.26. The van der Waals surface area contributed by atoms with Crippen LogP contribution in [0.25, 0.3) is 0 Å². The fourth-order valence-corrected chi connectivity index (χ4v) is 2.90. The fraction of sp³-hybridized carbons (Fsp3) is 0.846. The van der Waals surface area contributed by atoms with Gasteiger partial charge in [0, 0.05) is 12.1 Å². The minimum atomic E-state index is 0.760. The Morgan fingerprint density at radius 2 is 1.93 bits per heavy atom. The first-order chi connectivity index (χ1) is 6.88. The second kappa shape index (κ2) is 4.97. The molecule has 2 aliphatic carbocycles. The summed E-state index contributed by atoms with van der Waals surface area (Å²) >= 11 is 0. The van der Waals surface area contributed by atoms with Gasteiger partial charge < -0.3 is 5.32 Å². The molecule has 0 spiro atoms. The summed E-state index contributed by atoms with van der Waals surface area (Å²) < 4.78 is 0. The van der Waals surface area contributed by atoms with Crippen LogP contribution in [0.15, 0.2) is 12.2 Å². The first-order valence-corrected chi connectivity index (χ1v) is 6.29. The summed E-state index contributed by atoms with van der Waals surface area (Å²) in [6, 6.07) is 1.58. The van der Waals surface area contributed by atoms with Gasteiger partial charge in [0.25, 0.3) is 0 Å². The minimum absolute atomic E-state index is 0.760. The zero-order chi connectivity index (χ0) is 9.80. The Labute approximate surface area is 88.0 Å². The average molecular weight is 193 g/mol. The molecule has 1 N–H and O–H groups in total. The normalized spacial score (nSPS) is 33.8. The molecule has 0 aromatic rings. The van der Waals surface area contributed by atoms with Crippen molar-refractivity contribution in [3.63, 3.8) is 0 Å². The predicted molar refractivity (Wildman–Crippen MR) is 61.3 cm³/mol. The van der Waals surface area contributed by atoms with Crippen molar-refractivity contribution in [2.75, 3.05) is 0 Å². The third-order valence-corrected chi connectivity index (χ3v) is 3.84.